The lowest BCUT2D eigenvalue weighted by atomic mass is 9.97. The van der Waals surface area contributed by atoms with E-state index in [0.29, 0.717) is 12.2 Å². The predicted molar refractivity (Wildman–Crippen MR) is 135 cm³/mol. The fourth-order valence-electron chi connectivity index (χ4n) is 3.85. The molecule has 0 radical (unpaired) electrons. The molecule has 0 bridgehead atoms. The Balaban J connectivity index is 1.38. The fraction of sp³-hybridized carbons (Fsp3) is 0.192. The molecule has 1 amide bonds. The van der Waals surface area contributed by atoms with E-state index in [2.05, 4.69) is 42.2 Å². The van der Waals surface area contributed by atoms with Gasteiger partial charge in [0.1, 0.15) is 5.75 Å². The molecule has 0 fully saturated rings. The minimum absolute atomic E-state index is 0.0201. The van der Waals surface area contributed by atoms with Gasteiger partial charge < -0.3 is 4.74 Å². The van der Waals surface area contributed by atoms with Gasteiger partial charge >= 0.3 is 0 Å². The van der Waals surface area contributed by atoms with E-state index in [1.165, 1.54) is 17.3 Å². The number of thioether (sulfide) groups is 1. The van der Waals surface area contributed by atoms with Crippen LogP contribution in [0.25, 0.3) is 10.2 Å². The molecule has 0 N–H and O–H groups in total. The second-order valence-electron chi connectivity index (χ2n) is 7.88. The van der Waals surface area contributed by atoms with Gasteiger partial charge in [0.05, 0.1) is 34.8 Å². The lowest BCUT2D eigenvalue weighted by molar-refractivity contribution is -0.130. The summed E-state index contributed by atoms with van der Waals surface area (Å²) in [6.45, 7) is 2.06. The molecule has 1 atom stereocenters. The number of nitrogens with zero attached hydrogens (tertiary/aromatic N) is 3. The normalized spacial score (nSPS) is 15.6. The van der Waals surface area contributed by atoms with Gasteiger partial charge in [-0.15, -0.1) is 11.3 Å². The Morgan fingerprint density at radius 2 is 1.85 bits per heavy atom. The van der Waals surface area contributed by atoms with Gasteiger partial charge in [0.15, 0.2) is 4.34 Å². The molecular formula is C26H23N3O2S2. The van der Waals surface area contributed by atoms with Crippen molar-refractivity contribution in [3.05, 3.63) is 89.5 Å². The van der Waals surface area contributed by atoms with Gasteiger partial charge in [-0.1, -0.05) is 53.7 Å². The summed E-state index contributed by atoms with van der Waals surface area (Å²) >= 11 is 3.09. The lowest BCUT2D eigenvalue weighted by Crippen LogP contribution is -2.28. The standard InChI is InChI=1S/C26H23N3O2S2/c1-17-7-9-19(10-8-17)23-15-22(18-11-13-20(31-2)14-12-18)28-29(23)25(30)16-32-26-27-21-5-3-4-6-24(21)33-26/h3-14,23H,15-16H2,1-2H3/t23-/m0/s1. The number of carbonyl (C=O) groups excluding carboxylic acids is 1. The van der Waals surface area contributed by atoms with Crippen LogP contribution < -0.4 is 4.74 Å². The Bertz CT molecular complexity index is 1280. The molecule has 33 heavy (non-hydrogen) atoms. The van der Waals surface area contributed by atoms with Crippen molar-refractivity contribution in [3.8, 4) is 5.75 Å². The number of methoxy groups -OCH3 is 1. The van der Waals surface area contributed by atoms with Crippen molar-refractivity contribution >= 4 is 44.9 Å². The summed E-state index contributed by atoms with van der Waals surface area (Å²) in [5.74, 6) is 1.07. The maximum absolute atomic E-state index is 13.3. The van der Waals surface area contributed by atoms with Crippen LogP contribution in [0.4, 0.5) is 0 Å². The summed E-state index contributed by atoms with van der Waals surface area (Å²) in [5.41, 5.74) is 5.16. The zero-order valence-electron chi connectivity index (χ0n) is 18.4. The average Bonchev–Trinajstić information content (AvgIpc) is 3.48. The van der Waals surface area contributed by atoms with Crippen LogP contribution in [0.3, 0.4) is 0 Å². The van der Waals surface area contributed by atoms with Crippen molar-refractivity contribution < 1.29 is 9.53 Å². The molecule has 166 valence electrons. The zero-order valence-corrected chi connectivity index (χ0v) is 20.0. The molecule has 1 aliphatic rings. The number of benzene rings is 3. The number of para-hydroxylation sites is 1. The summed E-state index contributed by atoms with van der Waals surface area (Å²) in [4.78, 5) is 18.0. The summed E-state index contributed by atoms with van der Waals surface area (Å²) in [6, 6.07) is 24.1. The Kier molecular flexibility index (Phi) is 6.15. The zero-order chi connectivity index (χ0) is 22.8. The molecule has 0 saturated carbocycles. The molecule has 0 unspecified atom stereocenters. The van der Waals surface area contributed by atoms with Gasteiger partial charge in [-0.25, -0.2) is 9.99 Å². The van der Waals surface area contributed by atoms with E-state index in [1.807, 2.05) is 42.5 Å². The molecule has 3 aromatic carbocycles. The number of aryl methyl sites for hydroxylation is 1. The molecule has 4 aromatic rings. The Hall–Kier alpha value is -3.16. The van der Waals surface area contributed by atoms with Crippen molar-refractivity contribution in [2.45, 2.75) is 23.7 Å². The molecule has 0 aliphatic carbocycles. The minimum atomic E-state index is -0.119. The highest BCUT2D eigenvalue weighted by atomic mass is 32.2. The quantitative estimate of drug-likeness (QED) is 0.318. The van der Waals surface area contributed by atoms with Crippen molar-refractivity contribution in [1.82, 2.24) is 9.99 Å². The topological polar surface area (TPSA) is 54.8 Å². The van der Waals surface area contributed by atoms with Gasteiger partial charge in [-0.3, -0.25) is 4.79 Å². The van der Waals surface area contributed by atoms with Crippen molar-refractivity contribution in [2.24, 2.45) is 5.10 Å². The number of fused-ring (bicyclic) bond motifs is 1. The second-order valence-corrected chi connectivity index (χ2v) is 10.1. The van der Waals surface area contributed by atoms with E-state index in [-0.39, 0.29) is 11.9 Å². The van der Waals surface area contributed by atoms with E-state index in [9.17, 15) is 4.79 Å². The van der Waals surface area contributed by atoms with Crippen molar-refractivity contribution in [2.75, 3.05) is 12.9 Å². The molecule has 1 aliphatic heterocycles. The summed E-state index contributed by atoms with van der Waals surface area (Å²) in [7, 11) is 1.65. The molecule has 5 rings (SSSR count). The van der Waals surface area contributed by atoms with Crippen molar-refractivity contribution in [3.63, 3.8) is 0 Å². The van der Waals surface area contributed by atoms with Gasteiger partial charge in [0.25, 0.3) is 5.91 Å². The largest absolute Gasteiger partial charge is 0.497 e. The highest BCUT2D eigenvalue weighted by Gasteiger charge is 2.33. The number of hydrogen-bond donors (Lipinski definition) is 0. The minimum Gasteiger partial charge on any atom is -0.497 e. The highest BCUT2D eigenvalue weighted by Crippen LogP contribution is 2.35. The third-order valence-electron chi connectivity index (χ3n) is 5.64. The lowest BCUT2D eigenvalue weighted by Gasteiger charge is -2.22. The van der Waals surface area contributed by atoms with Crippen LogP contribution in [0.5, 0.6) is 5.75 Å². The first-order valence-corrected chi connectivity index (χ1v) is 12.5. The van der Waals surface area contributed by atoms with Gasteiger partial charge in [0.2, 0.25) is 0 Å². The predicted octanol–water partition coefficient (Wildman–Crippen LogP) is 6.08. The monoisotopic (exact) mass is 473 g/mol. The average molecular weight is 474 g/mol. The number of ether oxygens (including phenoxy) is 1. The van der Waals surface area contributed by atoms with Crippen LogP contribution in [0, 0.1) is 6.92 Å². The Morgan fingerprint density at radius 1 is 1.09 bits per heavy atom. The molecule has 7 heteroatoms. The van der Waals surface area contributed by atoms with Crippen LogP contribution in [0.2, 0.25) is 0 Å². The smallest absolute Gasteiger partial charge is 0.253 e. The maximum Gasteiger partial charge on any atom is 0.253 e. The second kappa shape index (κ2) is 9.37. The van der Waals surface area contributed by atoms with Crippen molar-refractivity contribution in [1.29, 1.82) is 0 Å². The van der Waals surface area contributed by atoms with E-state index >= 15 is 0 Å². The number of amides is 1. The first-order valence-electron chi connectivity index (χ1n) is 10.7. The fourth-order valence-corrected chi connectivity index (χ4v) is 5.77. The number of carbonyl (C=O) groups is 1. The molecule has 1 aromatic heterocycles. The molecule has 5 nitrogen and oxygen atoms in total. The molecular weight excluding hydrogens is 450 g/mol. The number of rotatable bonds is 6. The first kappa shape index (κ1) is 21.7. The third-order valence-corrected chi connectivity index (χ3v) is 7.81. The SMILES string of the molecule is COc1ccc(C2=NN(C(=O)CSc3nc4ccccc4s3)[C@H](c3ccc(C)cc3)C2)cc1. The van der Waals surface area contributed by atoms with Crippen LogP contribution in [-0.4, -0.2) is 34.5 Å². The van der Waals surface area contributed by atoms with E-state index in [1.54, 1.807) is 23.5 Å². The Labute approximate surface area is 201 Å². The number of thiazole rings is 1. The maximum atomic E-state index is 13.3. The van der Waals surface area contributed by atoms with Crippen LogP contribution >= 0.6 is 23.1 Å². The first-order chi connectivity index (χ1) is 16.1. The summed E-state index contributed by atoms with van der Waals surface area (Å²) in [5, 5.41) is 6.44. The van der Waals surface area contributed by atoms with E-state index < -0.39 is 0 Å². The van der Waals surface area contributed by atoms with Gasteiger partial charge in [-0.2, -0.15) is 5.10 Å². The molecule has 0 saturated heterocycles. The third kappa shape index (κ3) is 4.65. The number of hydrazone groups is 1. The number of hydrogen-bond acceptors (Lipinski definition) is 6. The van der Waals surface area contributed by atoms with Gasteiger partial charge in [0, 0.05) is 6.42 Å². The van der Waals surface area contributed by atoms with Crippen LogP contribution in [0.15, 0.2) is 82.2 Å². The Morgan fingerprint density at radius 3 is 2.58 bits per heavy atom. The summed E-state index contributed by atoms with van der Waals surface area (Å²) in [6.07, 6.45) is 0.674. The number of aromatic nitrogens is 1. The van der Waals surface area contributed by atoms with E-state index in [0.717, 1.165) is 37.1 Å². The van der Waals surface area contributed by atoms with Crippen LogP contribution in [-0.2, 0) is 4.79 Å². The highest BCUT2D eigenvalue weighted by molar-refractivity contribution is 8.01. The van der Waals surface area contributed by atoms with Gasteiger partial charge in [-0.05, 0) is 54.4 Å². The molecule has 0 spiro atoms. The van der Waals surface area contributed by atoms with E-state index in [4.69, 9.17) is 9.84 Å². The van der Waals surface area contributed by atoms with Crippen LogP contribution in [0.1, 0.15) is 29.2 Å². The molecule has 2 heterocycles. The summed E-state index contributed by atoms with van der Waals surface area (Å²) < 4.78 is 7.31.